The molecule has 134 valence electrons. The van der Waals surface area contributed by atoms with Crippen molar-refractivity contribution >= 4 is 44.8 Å². The van der Waals surface area contributed by atoms with Crippen molar-refractivity contribution in [1.29, 1.82) is 0 Å². The molecular formula is C15H14Cl2N2O5S. The van der Waals surface area contributed by atoms with Gasteiger partial charge in [-0.05, 0) is 24.3 Å². The third-order valence-electron chi connectivity index (χ3n) is 3.57. The first kappa shape index (κ1) is 18.2. The predicted molar refractivity (Wildman–Crippen MR) is 92.7 cm³/mol. The molecule has 1 fully saturated rings. The molecule has 7 nitrogen and oxygen atoms in total. The number of nitrogens with one attached hydrogen (secondary N) is 1. The van der Waals surface area contributed by atoms with Crippen molar-refractivity contribution in [2.45, 2.75) is 5.09 Å². The maximum absolute atomic E-state index is 12.5. The number of morpholine rings is 1. The van der Waals surface area contributed by atoms with E-state index in [2.05, 4.69) is 5.32 Å². The first-order valence-electron chi connectivity index (χ1n) is 7.32. The van der Waals surface area contributed by atoms with E-state index in [4.69, 9.17) is 32.4 Å². The number of hydrogen-bond acceptors (Lipinski definition) is 5. The van der Waals surface area contributed by atoms with E-state index < -0.39 is 15.9 Å². The number of furan rings is 1. The summed E-state index contributed by atoms with van der Waals surface area (Å²) in [5.41, 5.74) is 0.227. The fourth-order valence-electron chi connectivity index (χ4n) is 2.29. The zero-order valence-electron chi connectivity index (χ0n) is 12.9. The second-order valence-corrected chi connectivity index (χ2v) is 7.87. The number of halogens is 2. The van der Waals surface area contributed by atoms with Crippen LogP contribution in [-0.4, -0.2) is 44.9 Å². The highest BCUT2D eigenvalue weighted by Crippen LogP contribution is 2.30. The second-order valence-electron chi connectivity index (χ2n) is 5.19. The minimum absolute atomic E-state index is 0.164. The lowest BCUT2D eigenvalue weighted by atomic mass is 10.3. The van der Waals surface area contributed by atoms with Gasteiger partial charge in [-0.1, -0.05) is 29.3 Å². The van der Waals surface area contributed by atoms with Crippen LogP contribution >= 0.6 is 23.2 Å². The van der Waals surface area contributed by atoms with Gasteiger partial charge >= 0.3 is 0 Å². The Morgan fingerprint density at radius 3 is 2.36 bits per heavy atom. The van der Waals surface area contributed by atoms with E-state index in [-0.39, 0.29) is 39.7 Å². The normalized spacial score (nSPS) is 15.9. The van der Waals surface area contributed by atoms with Crippen LogP contribution in [0.3, 0.4) is 0 Å². The molecule has 0 aliphatic carbocycles. The zero-order valence-corrected chi connectivity index (χ0v) is 15.2. The van der Waals surface area contributed by atoms with Crippen molar-refractivity contribution in [3.8, 4) is 0 Å². The lowest BCUT2D eigenvalue weighted by molar-refractivity contribution is 0.0723. The molecular weight excluding hydrogens is 391 g/mol. The van der Waals surface area contributed by atoms with Crippen LogP contribution in [-0.2, 0) is 14.8 Å². The Hall–Kier alpha value is -1.58. The summed E-state index contributed by atoms with van der Waals surface area (Å²) in [6.45, 7) is 1.11. The molecule has 0 saturated carbocycles. The number of hydrogen-bond donors (Lipinski definition) is 1. The van der Waals surface area contributed by atoms with E-state index in [1.807, 2.05) is 0 Å². The van der Waals surface area contributed by atoms with Crippen molar-refractivity contribution < 1.29 is 22.4 Å². The molecule has 1 aromatic carbocycles. The highest BCUT2D eigenvalue weighted by molar-refractivity contribution is 7.89. The number of sulfonamides is 1. The summed E-state index contributed by atoms with van der Waals surface area (Å²) in [5.74, 6) is -0.818. The van der Waals surface area contributed by atoms with Crippen LogP contribution in [0.2, 0.25) is 10.0 Å². The number of carbonyl (C=O) groups excluding carboxylic acids is 1. The molecule has 2 heterocycles. The quantitative estimate of drug-likeness (QED) is 0.845. The number of ether oxygens (including phenoxy) is 1. The molecule has 0 spiro atoms. The van der Waals surface area contributed by atoms with Gasteiger partial charge in [0, 0.05) is 13.1 Å². The van der Waals surface area contributed by atoms with E-state index in [0.717, 1.165) is 0 Å². The van der Waals surface area contributed by atoms with E-state index in [9.17, 15) is 13.2 Å². The smallest absolute Gasteiger partial charge is 0.291 e. The van der Waals surface area contributed by atoms with Crippen LogP contribution in [0.5, 0.6) is 0 Å². The van der Waals surface area contributed by atoms with E-state index >= 15 is 0 Å². The Bertz CT molecular complexity index is 871. The van der Waals surface area contributed by atoms with Gasteiger partial charge in [-0.3, -0.25) is 4.79 Å². The summed E-state index contributed by atoms with van der Waals surface area (Å²) in [6.07, 6.45) is 0. The third-order valence-corrected chi connectivity index (χ3v) is 5.97. The predicted octanol–water partition coefficient (Wildman–Crippen LogP) is 2.86. The van der Waals surface area contributed by atoms with Crippen molar-refractivity contribution in [2.24, 2.45) is 0 Å². The molecule has 10 heteroatoms. The van der Waals surface area contributed by atoms with Crippen LogP contribution in [0.15, 0.2) is 39.8 Å². The Balaban J connectivity index is 1.80. The summed E-state index contributed by atoms with van der Waals surface area (Å²) in [4.78, 5) is 12.3. The van der Waals surface area contributed by atoms with Crippen molar-refractivity contribution in [3.63, 3.8) is 0 Å². The molecule has 2 aromatic rings. The molecule has 1 aromatic heterocycles. The molecule has 1 aliphatic heterocycles. The van der Waals surface area contributed by atoms with Gasteiger partial charge in [-0.15, -0.1) is 0 Å². The summed E-state index contributed by atoms with van der Waals surface area (Å²) in [6, 6.07) is 7.31. The maximum Gasteiger partial charge on any atom is 0.291 e. The number of carbonyl (C=O) groups is 1. The monoisotopic (exact) mass is 404 g/mol. The SMILES string of the molecule is O=C(Nc1c(Cl)cccc1Cl)c1ccc(S(=O)(=O)N2CCOCC2)o1. The topological polar surface area (TPSA) is 88.9 Å². The molecule has 1 saturated heterocycles. The van der Waals surface area contributed by atoms with Crippen LogP contribution in [0.25, 0.3) is 0 Å². The molecule has 25 heavy (non-hydrogen) atoms. The van der Waals surface area contributed by atoms with Gasteiger partial charge in [-0.25, -0.2) is 8.42 Å². The highest BCUT2D eigenvalue weighted by atomic mass is 35.5. The summed E-state index contributed by atoms with van der Waals surface area (Å²) < 4.78 is 36.6. The first-order chi connectivity index (χ1) is 11.9. The Morgan fingerprint density at radius 2 is 1.72 bits per heavy atom. The van der Waals surface area contributed by atoms with Gasteiger partial charge in [-0.2, -0.15) is 4.31 Å². The van der Waals surface area contributed by atoms with Gasteiger partial charge in [0.1, 0.15) is 0 Å². The molecule has 3 rings (SSSR count). The lowest BCUT2D eigenvalue weighted by Crippen LogP contribution is -2.40. The number of anilines is 1. The molecule has 1 N–H and O–H groups in total. The average Bonchev–Trinajstić information content (AvgIpc) is 3.10. The number of rotatable bonds is 4. The third kappa shape index (κ3) is 3.83. The standard InChI is InChI=1S/C15H14Cl2N2O5S/c16-10-2-1-3-11(17)14(10)18-15(20)12-4-5-13(24-12)25(21,22)19-6-8-23-9-7-19/h1-5H,6-9H2,(H,18,20). The van der Waals surface area contributed by atoms with Gasteiger partial charge in [0.25, 0.3) is 15.9 Å². The molecule has 1 amide bonds. The van der Waals surface area contributed by atoms with Crippen molar-refractivity contribution in [3.05, 3.63) is 46.1 Å². The lowest BCUT2D eigenvalue weighted by Gasteiger charge is -2.24. The molecule has 0 radical (unpaired) electrons. The fourth-order valence-corrected chi connectivity index (χ4v) is 4.10. The number of benzene rings is 1. The van der Waals surface area contributed by atoms with Gasteiger partial charge in [0.2, 0.25) is 5.09 Å². The van der Waals surface area contributed by atoms with E-state index in [1.54, 1.807) is 18.2 Å². The summed E-state index contributed by atoms with van der Waals surface area (Å²) >= 11 is 12.0. The summed E-state index contributed by atoms with van der Waals surface area (Å²) in [5, 5.41) is 2.73. The maximum atomic E-state index is 12.5. The van der Waals surface area contributed by atoms with Crippen LogP contribution in [0, 0.1) is 0 Å². The Kier molecular flexibility index (Phi) is 5.35. The molecule has 1 aliphatic rings. The van der Waals surface area contributed by atoms with Crippen LogP contribution < -0.4 is 5.32 Å². The van der Waals surface area contributed by atoms with Crippen LogP contribution in [0.1, 0.15) is 10.6 Å². The molecule has 0 atom stereocenters. The fraction of sp³-hybridized carbons (Fsp3) is 0.267. The number of para-hydroxylation sites is 1. The zero-order chi connectivity index (χ0) is 18.0. The van der Waals surface area contributed by atoms with E-state index in [1.165, 1.54) is 16.4 Å². The minimum Gasteiger partial charge on any atom is -0.438 e. The van der Waals surface area contributed by atoms with Gasteiger partial charge in [0.05, 0.1) is 28.9 Å². The van der Waals surface area contributed by atoms with Crippen molar-refractivity contribution in [2.75, 3.05) is 31.6 Å². The number of nitrogens with zero attached hydrogens (tertiary/aromatic N) is 1. The largest absolute Gasteiger partial charge is 0.438 e. The minimum atomic E-state index is -3.81. The molecule has 0 bridgehead atoms. The Morgan fingerprint density at radius 1 is 1.08 bits per heavy atom. The van der Waals surface area contributed by atoms with Crippen LogP contribution in [0.4, 0.5) is 5.69 Å². The first-order valence-corrected chi connectivity index (χ1v) is 9.52. The van der Waals surface area contributed by atoms with Gasteiger partial charge < -0.3 is 14.5 Å². The van der Waals surface area contributed by atoms with Gasteiger partial charge in [0.15, 0.2) is 5.76 Å². The second kappa shape index (κ2) is 7.35. The highest BCUT2D eigenvalue weighted by Gasteiger charge is 2.30. The number of amides is 1. The molecule has 0 unspecified atom stereocenters. The Labute approximate surface area is 154 Å². The average molecular weight is 405 g/mol. The summed E-state index contributed by atoms with van der Waals surface area (Å²) in [7, 11) is -3.81. The van der Waals surface area contributed by atoms with Crippen molar-refractivity contribution in [1.82, 2.24) is 4.31 Å². The van der Waals surface area contributed by atoms with E-state index in [0.29, 0.717) is 13.2 Å².